The minimum absolute atomic E-state index is 0.728. The lowest BCUT2D eigenvalue weighted by atomic mass is 9.94. The first-order valence-electron chi connectivity index (χ1n) is 15.5. The number of methoxy groups -OCH3 is 1. The largest absolute Gasteiger partial charge is 0.394 e. The number of carbonyl (C=O) groups is 1. The lowest BCUT2D eigenvalue weighted by molar-refractivity contribution is -0.379. The quantitative estimate of drug-likeness (QED) is 0.0889. The summed E-state index contributed by atoms with van der Waals surface area (Å²) in [5.41, 5.74) is 0. The highest BCUT2D eigenvalue weighted by atomic mass is 16.8. The van der Waals surface area contributed by atoms with Gasteiger partial charge in [0, 0.05) is 14.0 Å². The van der Waals surface area contributed by atoms with Crippen molar-refractivity contribution in [3.05, 3.63) is 0 Å². The van der Waals surface area contributed by atoms with Crippen LogP contribution in [0.25, 0.3) is 0 Å². The molecule has 4 aliphatic heterocycles. The van der Waals surface area contributed by atoms with Crippen LogP contribution in [0.5, 0.6) is 0 Å². The zero-order chi connectivity index (χ0) is 36.3. The maximum Gasteiger partial charge on any atom is 0.217 e. The number of rotatable bonds is 12. The van der Waals surface area contributed by atoms with Crippen molar-refractivity contribution in [2.45, 2.75) is 130 Å². The number of carbonyl (C=O) groups excluding carboxylic acids is 1. The van der Waals surface area contributed by atoms with E-state index in [4.69, 9.17) is 37.9 Å². The van der Waals surface area contributed by atoms with Gasteiger partial charge in [0.25, 0.3) is 0 Å². The minimum atomic E-state index is -1.99. The molecule has 0 aromatic heterocycles. The Kier molecular flexibility index (Phi) is 14.4. The molecule has 0 unspecified atom stereocenters. The molecule has 22 heteroatoms. The highest BCUT2D eigenvalue weighted by molar-refractivity contribution is 5.73. The third-order valence-electron chi connectivity index (χ3n) is 8.82. The molecule has 4 heterocycles. The Hall–Kier alpha value is -1.33. The van der Waals surface area contributed by atoms with Crippen molar-refractivity contribution in [3.63, 3.8) is 0 Å². The van der Waals surface area contributed by atoms with Gasteiger partial charge in [-0.25, -0.2) is 0 Å². The van der Waals surface area contributed by atoms with E-state index in [1.807, 2.05) is 0 Å². The molecule has 13 N–H and O–H groups in total. The number of hydrogen-bond acceptors (Lipinski definition) is 21. The van der Waals surface area contributed by atoms with E-state index in [0.29, 0.717) is 0 Å². The average molecular weight is 722 g/mol. The predicted octanol–water partition coefficient (Wildman–Crippen LogP) is -8.95. The van der Waals surface area contributed by atoms with Crippen LogP contribution in [0.2, 0.25) is 0 Å². The summed E-state index contributed by atoms with van der Waals surface area (Å²) in [5, 5.41) is 127. The molecule has 0 radical (unpaired) electrons. The number of aliphatic hydroxyl groups is 12. The first-order chi connectivity index (χ1) is 23.2. The summed E-state index contributed by atoms with van der Waals surface area (Å²) in [6.45, 7) is -2.21. The highest BCUT2D eigenvalue weighted by Gasteiger charge is 2.55. The summed E-state index contributed by atoms with van der Waals surface area (Å²) in [6, 6.07) is -1.57. The summed E-state index contributed by atoms with van der Waals surface area (Å²) in [7, 11) is 1.19. The van der Waals surface area contributed by atoms with E-state index < -0.39 is 155 Å². The molecule has 0 spiro atoms. The van der Waals surface area contributed by atoms with Crippen LogP contribution in [0, 0.1) is 0 Å². The van der Waals surface area contributed by atoms with Crippen molar-refractivity contribution < 1.29 is 104 Å². The SMILES string of the molecule is CO[C@@H]1O[C@H](CO)[C@@H](O[C@@H]2O[C@H](CO)[C@@H](O[C@@H]3O[C@H](CO)[C@@H](O[C@@H]4O[C@H](CO)[C@H](O)[C@H](O)[C@H]4O)[C@H](O)[C@H]3NC(C)=O)[C@H](O)[C@H]2O)[C@H](O)[C@H]1O. The summed E-state index contributed by atoms with van der Waals surface area (Å²) in [4.78, 5) is 12.1. The normalized spacial score (nSPS) is 49.4. The van der Waals surface area contributed by atoms with E-state index >= 15 is 0 Å². The van der Waals surface area contributed by atoms with Gasteiger partial charge in [0.2, 0.25) is 5.91 Å². The minimum Gasteiger partial charge on any atom is -0.394 e. The lowest BCUT2D eigenvalue weighted by Crippen LogP contribution is -2.69. The molecule has 0 aliphatic carbocycles. The zero-order valence-corrected chi connectivity index (χ0v) is 26.4. The van der Waals surface area contributed by atoms with Crippen LogP contribution in [0.3, 0.4) is 0 Å². The summed E-state index contributed by atoms with van der Waals surface area (Å²) >= 11 is 0. The van der Waals surface area contributed by atoms with Crippen molar-refractivity contribution in [2.75, 3.05) is 33.5 Å². The molecule has 20 atom stereocenters. The van der Waals surface area contributed by atoms with Gasteiger partial charge in [-0.1, -0.05) is 0 Å². The van der Waals surface area contributed by atoms with Crippen LogP contribution in [-0.2, 0) is 42.7 Å². The summed E-state index contributed by atoms with van der Waals surface area (Å²) < 4.78 is 44.1. The van der Waals surface area contributed by atoms with Crippen molar-refractivity contribution in [1.29, 1.82) is 0 Å². The third kappa shape index (κ3) is 8.50. The molecule has 4 fully saturated rings. The second-order valence-electron chi connectivity index (χ2n) is 12.1. The molecule has 1 amide bonds. The number of amides is 1. The van der Waals surface area contributed by atoms with Crippen molar-refractivity contribution >= 4 is 5.91 Å². The first kappa shape index (κ1) is 40.4. The molecule has 286 valence electrons. The average Bonchev–Trinajstić information content (AvgIpc) is 3.08. The van der Waals surface area contributed by atoms with E-state index in [0.717, 1.165) is 6.92 Å². The third-order valence-corrected chi connectivity index (χ3v) is 8.82. The fraction of sp³-hybridized carbons (Fsp3) is 0.963. The van der Waals surface area contributed by atoms with E-state index in [1.54, 1.807) is 0 Å². The van der Waals surface area contributed by atoms with Gasteiger partial charge in [-0.2, -0.15) is 0 Å². The maximum atomic E-state index is 12.1. The maximum absolute atomic E-state index is 12.1. The molecule has 22 nitrogen and oxygen atoms in total. The highest BCUT2D eigenvalue weighted by Crippen LogP contribution is 2.34. The lowest BCUT2D eigenvalue weighted by Gasteiger charge is -2.49. The van der Waals surface area contributed by atoms with Crippen LogP contribution in [-0.4, -0.2) is 223 Å². The first-order valence-corrected chi connectivity index (χ1v) is 15.5. The fourth-order valence-electron chi connectivity index (χ4n) is 6.13. The number of ether oxygens (including phenoxy) is 8. The number of hydrogen-bond donors (Lipinski definition) is 13. The Balaban J connectivity index is 1.51. The molecule has 4 rings (SSSR count). The number of nitrogens with one attached hydrogen (secondary N) is 1. The van der Waals surface area contributed by atoms with Crippen LogP contribution in [0.4, 0.5) is 0 Å². The molecule has 0 aromatic carbocycles. The standard InChI is InChI=1S/C27H47NO21/c1-7(33)28-12-14(35)21(48-26-18(39)15(36)13(34)8(3-29)43-26)9(4-30)44-24(12)47-22-11(6-32)46-27(20(41)17(22)38)49-23-10(5-31)45-25(42-2)19(40)16(23)37/h8-27,29-32,34-41H,3-6H2,1-2H3,(H,28,33)/t8-,9-,10-,11-,12-,13+,14-,15+,16-,17-,18-,19-,20-,21-,22-,23-,24+,25-,26+,27+/m1/s1. The van der Waals surface area contributed by atoms with Crippen molar-refractivity contribution in [3.8, 4) is 0 Å². The topological polar surface area (TPSA) is 346 Å². The van der Waals surface area contributed by atoms with E-state index in [-0.39, 0.29) is 0 Å². The van der Waals surface area contributed by atoms with E-state index in [9.17, 15) is 66.1 Å². The number of aliphatic hydroxyl groups excluding tert-OH is 12. The monoisotopic (exact) mass is 721 g/mol. The molecule has 4 aliphatic rings. The Morgan fingerprint density at radius 3 is 1.33 bits per heavy atom. The molecular weight excluding hydrogens is 674 g/mol. The molecule has 0 saturated carbocycles. The summed E-state index contributed by atoms with van der Waals surface area (Å²) in [5.74, 6) is -0.729. The molecule has 0 aromatic rings. The Morgan fingerprint density at radius 1 is 0.510 bits per heavy atom. The molecule has 4 saturated heterocycles. The zero-order valence-electron chi connectivity index (χ0n) is 26.4. The van der Waals surface area contributed by atoms with Gasteiger partial charge in [-0.15, -0.1) is 0 Å². The van der Waals surface area contributed by atoms with Crippen molar-refractivity contribution in [1.82, 2.24) is 5.32 Å². The summed E-state index contributed by atoms with van der Waals surface area (Å²) in [6.07, 6.45) is -31.8. The van der Waals surface area contributed by atoms with Gasteiger partial charge in [0.05, 0.1) is 26.4 Å². The van der Waals surface area contributed by atoms with Crippen molar-refractivity contribution in [2.24, 2.45) is 0 Å². The Morgan fingerprint density at radius 2 is 0.878 bits per heavy atom. The van der Waals surface area contributed by atoms with Gasteiger partial charge in [0.1, 0.15) is 97.6 Å². The second kappa shape index (κ2) is 17.5. The fourth-order valence-corrected chi connectivity index (χ4v) is 6.13. The van der Waals surface area contributed by atoms with Gasteiger partial charge in [-0.05, 0) is 0 Å². The molecule has 0 bridgehead atoms. The van der Waals surface area contributed by atoms with Crippen LogP contribution >= 0.6 is 0 Å². The van der Waals surface area contributed by atoms with Gasteiger partial charge in [-0.3, -0.25) is 4.79 Å². The molecule has 49 heavy (non-hydrogen) atoms. The van der Waals surface area contributed by atoms with Gasteiger partial charge >= 0.3 is 0 Å². The van der Waals surface area contributed by atoms with Gasteiger partial charge < -0.3 is 104 Å². The van der Waals surface area contributed by atoms with E-state index in [2.05, 4.69) is 5.32 Å². The van der Waals surface area contributed by atoms with Crippen LogP contribution in [0.1, 0.15) is 6.92 Å². The molecular formula is C27H47NO21. The van der Waals surface area contributed by atoms with E-state index in [1.165, 1.54) is 7.11 Å². The second-order valence-corrected chi connectivity index (χ2v) is 12.1. The van der Waals surface area contributed by atoms with Crippen LogP contribution in [0.15, 0.2) is 0 Å². The Labute approximate surface area is 278 Å². The smallest absolute Gasteiger partial charge is 0.217 e. The van der Waals surface area contributed by atoms with Gasteiger partial charge in [0.15, 0.2) is 25.2 Å². The Bertz CT molecular complexity index is 1040. The van der Waals surface area contributed by atoms with Crippen LogP contribution < -0.4 is 5.32 Å². The predicted molar refractivity (Wildman–Crippen MR) is 150 cm³/mol.